The van der Waals surface area contributed by atoms with Crippen molar-refractivity contribution in [1.29, 1.82) is 0 Å². The Balaban J connectivity index is 1.42. The molecule has 2 aromatic rings. The first-order valence-electron chi connectivity index (χ1n) is 10.6. The molecule has 0 unspecified atom stereocenters. The van der Waals surface area contributed by atoms with Gasteiger partial charge in [-0.15, -0.1) is 0 Å². The molecule has 4 rings (SSSR count). The minimum atomic E-state index is -0.445. The van der Waals surface area contributed by atoms with Crippen LogP contribution in [0.4, 0.5) is 11.4 Å². The molecular formula is C23H26ClN3O4. The van der Waals surface area contributed by atoms with Gasteiger partial charge >= 0.3 is 5.69 Å². The van der Waals surface area contributed by atoms with Crippen LogP contribution in [0.25, 0.3) is 0 Å². The number of carbonyl (C=O) groups excluding carboxylic acids is 1. The van der Waals surface area contributed by atoms with Gasteiger partial charge in [-0.25, -0.2) is 0 Å². The van der Waals surface area contributed by atoms with Crippen molar-refractivity contribution >= 4 is 28.9 Å². The second-order valence-corrected chi connectivity index (χ2v) is 8.49. The van der Waals surface area contributed by atoms with E-state index in [1.807, 2.05) is 29.2 Å². The number of nitro benzene ring substituents is 1. The van der Waals surface area contributed by atoms with Gasteiger partial charge < -0.3 is 14.5 Å². The Hall–Kier alpha value is -2.80. The van der Waals surface area contributed by atoms with Crippen LogP contribution in [-0.4, -0.2) is 42.5 Å². The van der Waals surface area contributed by atoms with E-state index in [1.54, 1.807) is 12.1 Å². The lowest BCUT2D eigenvalue weighted by Crippen LogP contribution is -2.42. The number of hydrogen-bond acceptors (Lipinski definition) is 5. The molecule has 2 aliphatic rings. The van der Waals surface area contributed by atoms with E-state index >= 15 is 0 Å². The second-order valence-electron chi connectivity index (χ2n) is 8.09. The highest BCUT2D eigenvalue weighted by Crippen LogP contribution is 2.38. The maximum absolute atomic E-state index is 13.3. The number of halogens is 1. The largest absolute Gasteiger partial charge is 0.490 e. The number of likely N-dealkylation sites (tertiary alicyclic amines) is 1. The Kier molecular flexibility index (Phi) is 6.32. The van der Waals surface area contributed by atoms with Crippen LogP contribution in [0.5, 0.6) is 5.75 Å². The van der Waals surface area contributed by atoms with Crippen molar-refractivity contribution in [2.24, 2.45) is 5.92 Å². The summed E-state index contributed by atoms with van der Waals surface area (Å²) in [4.78, 5) is 28.2. The standard InChI is InChI=1S/C23H26ClN3O4/c1-31-22-15-17(8-9-21(22)27(29)30)25-13-10-16(11-14-25)23(28)26-12-4-7-20(26)18-5-2-3-6-19(18)24/h2-3,5-6,8-9,15-16,20H,4,7,10-14H2,1H3/t20-/m1/s1. The summed E-state index contributed by atoms with van der Waals surface area (Å²) in [5, 5.41) is 11.8. The number of carbonyl (C=O) groups is 1. The van der Waals surface area contributed by atoms with Gasteiger partial charge in [0.05, 0.1) is 18.1 Å². The van der Waals surface area contributed by atoms with Crippen LogP contribution >= 0.6 is 11.6 Å². The van der Waals surface area contributed by atoms with Crippen molar-refractivity contribution in [3.63, 3.8) is 0 Å². The molecule has 1 atom stereocenters. The molecule has 2 aromatic carbocycles. The molecule has 0 bridgehead atoms. The lowest BCUT2D eigenvalue weighted by molar-refractivity contribution is -0.385. The zero-order valence-corrected chi connectivity index (χ0v) is 18.3. The van der Waals surface area contributed by atoms with Crippen LogP contribution in [0.2, 0.25) is 5.02 Å². The van der Waals surface area contributed by atoms with Gasteiger partial charge in [0.1, 0.15) is 0 Å². The minimum Gasteiger partial charge on any atom is -0.490 e. The van der Waals surface area contributed by atoms with Crippen LogP contribution in [-0.2, 0) is 4.79 Å². The number of amides is 1. The third kappa shape index (κ3) is 4.32. The predicted octanol–water partition coefficient (Wildman–Crippen LogP) is 4.84. The first-order chi connectivity index (χ1) is 15.0. The predicted molar refractivity (Wildman–Crippen MR) is 120 cm³/mol. The third-order valence-corrected chi connectivity index (χ3v) is 6.71. The summed E-state index contributed by atoms with van der Waals surface area (Å²) in [5.41, 5.74) is 1.87. The second kappa shape index (κ2) is 9.14. The summed E-state index contributed by atoms with van der Waals surface area (Å²) < 4.78 is 5.19. The fourth-order valence-corrected chi connectivity index (χ4v) is 4.99. The average molecular weight is 444 g/mol. The number of hydrogen-bond donors (Lipinski definition) is 0. The Morgan fingerprint density at radius 1 is 1.13 bits per heavy atom. The smallest absolute Gasteiger partial charge is 0.311 e. The normalized spacial score (nSPS) is 19.5. The van der Waals surface area contributed by atoms with E-state index in [4.69, 9.17) is 16.3 Å². The van der Waals surface area contributed by atoms with Crippen LogP contribution < -0.4 is 9.64 Å². The lowest BCUT2D eigenvalue weighted by Gasteiger charge is -2.36. The number of piperidine rings is 1. The van der Waals surface area contributed by atoms with Crippen LogP contribution in [0, 0.1) is 16.0 Å². The summed E-state index contributed by atoms with van der Waals surface area (Å²) in [6.45, 7) is 2.22. The van der Waals surface area contributed by atoms with Crippen LogP contribution in [0.3, 0.4) is 0 Å². The van der Waals surface area contributed by atoms with E-state index in [0.29, 0.717) is 5.02 Å². The molecule has 0 aromatic heterocycles. The summed E-state index contributed by atoms with van der Waals surface area (Å²) in [6, 6.07) is 12.8. The van der Waals surface area contributed by atoms with Gasteiger partial charge in [0.15, 0.2) is 5.75 Å². The molecule has 164 valence electrons. The van der Waals surface area contributed by atoms with Crippen molar-refractivity contribution in [2.45, 2.75) is 31.7 Å². The quantitative estimate of drug-likeness (QED) is 0.488. The van der Waals surface area contributed by atoms with Gasteiger partial charge in [0.2, 0.25) is 5.91 Å². The number of benzene rings is 2. The number of methoxy groups -OCH3 is 1. The first-order valence-corrected chi connectivity index (χ1v) is 11.0. The molecule has 2 saturated heterocycles. The minimum absolute atomic E-state index is 0.0146. The maximum atomic E-state index is 13.3. The van der Waals surface area contributed by atoms with Crippen LogP contribution in [0.15, 0.2) is 42.5 Å². The van der Waals surface area contributed by atoms with Crippen molar-refractivity contribution in [2.75, 3.05) is 31.6 Å². The fraction of sp³-hybridized carbons (Fsp3) is 0.435. The number of anilines is 1. The monoisotopic (exact) mass is 443 g/mol. The molecule has 2 aliphatic heterocycles. The Bertz CT molecular complexity index is 975. The number of nitro groups is 1. The molecule has 31 heavy (non-hydrogen) atoms. The van der Waals surface area contributed by atoms with Gasteiger partial charge in [-0.05, 0) is 43.4 Å². The third-order valence-electron chi connectivity index (χ3n) is 6.37. The van der Waals surface area contributed by atoms with Gasteiger partial charge in [-0.1, -0.05) is 29.8 Å². The van der Waals surface area contributed by atoms with Gasteiger partial charge in [0, 0.05) is 48.4 Å². The fourth-order valence-electron chi connectivity index (χ4n) is 4.73. The van der Waals surface area contributed by atoms with Gasteiger partial charge in [-0.2, -0.15) is 0 Å². The van der Waals surface area contributed by atoms with Gasteiger partial charge in [0.25, 0.3) is 0 Å². The first kappa shape index (κ1) is 21.4. The zero-order valence-electron chi connectivity index (χ0n) is 17.5. The Labute approximate surface area is 186 Å². The Morgan fingerprint density at radius 3 is 2.55 bits per heavy atom. The highest BCUT2D eigenvalue weighted by molar-refractivity contribution is 6.31. The molecular weight excluding hydrogens is 418 g/mol. The number of rotatable bonds is 5. The maximum Gasteiger partial charge on any atom is 0.311 e. The van der Waals surface area contributed by atoms with E-state index in [0.717, 1.165) is 56.6 Å². The van der Waals surface area contributed by atoms with E-state index in [2.05, 4.69) is 4.90 Å². The molecule has 0 saturated carbocycles. The van der Waals surface area contributed by atoms with Crippen molar-refractivity contribution < 1.29 is 14.5 Å². The molecule has 8 heteroatoms. The SMILES string of the molecule is COc1cc(N2CCC(C(=O)N3CCC[C@@H]3c3ccccc3Cl)CC2)ccc1[N+](=O)[O-]. The molecule has 0 spiro atoms. The molecule has 7 nitrogen and oxygen atoms in total. The molecule has 2 heterocycles. The summed E-state index contributed by atoms with van der Waals surface area (Å²) in [7, 11) is 1.43. The summed E-state index contributed by atoms with van der Waals surface area (Å²) >= 11 is 6.41. The molecule has 0 aliphatic carbocycles. The highest BCUT2D eigenvalue weighted by atomic mass is 35.5. The molecule has 2 fully saturated rings. The van der Waals surface area contributed by atoms with Crippen LogP contribution in [0.1, 0.15) is 37.3 Å². The average Bonchev–Trinajstić information content (AvgIpc) is 3.28. The van der Waals surface area contributed by atoms with E-state index in [9.17, 15) is 14.9 Å². The Morgan fingerprint density at radius 2 is 1.87 bits per heavy atom. The molecule has 0 N–H and O–H groups in total. The molecule has 0 radical (unpaired) electrons. The number of ether oxygens (including phenoxy) is 1. The lowest BCUT2D eigenvalue weighted by atomic mass is 9.94. The van der Waals surface area contributed by atoms with E-state index < -0.39 is 4.92 Å². The zero-order chi connectivity index (χ0) is 22.0. The van der Waals surface area contributed by atoms with Crippen molar-refractivity contribution in [3.05, 3.63) is 63.2 Å². The number of nitrogens with zero attached hydrogens (tertiary/aromatic N) is 3. The van der Waals surface area contributed by atoms with E-state index in [1.165, 1.54) is 13.2 Å². The summed E-state index contributed by atoms with van der Waals surface area (Å²) in [6.07, 6.45) is 3.44. The van der Waals surface area contributed by atoms with Crippen molar-refractivity contribution in [1.82, 2.24) is 4.90 Å². The highest BCUT2D eigenvalue weighted by Gasteiger charge is 2.36. The summed E-state index contributed by atoms with van der Waals surface area (Å²) in [5.74, 6) is 0.447. The topological polar surface area (TPSA) is 75.9 Å². The van der Waals surface area contributed by atoms with Gasteiger partial charge in [-0.3, -0.25) is 14.9 Å². The molecule has 1 amide bonds. The van der Waals surface area contributed by atoms with E-state index in [-0.39, 0.29) is 29.3 Å². The van der Waals surface area contributed by atoms with Crippen molar-refractivity contribution in [3.8, 4) is 5.75 Å².